The molecule has 2 aromatic carbocycles. The number of benzene rings is 2. The molecule has 3 aromatic heterocycles. The molecule has 2 fully saturated rings. The Balaban J connectivity index is 1.12. The van der Waals surface area contributed by atoms with Crippen molar-refractivity contribution in [3.8, 4) is 28.3 Å². The molecule has 5 heterocycles. The monoisotopic (exact) mass is 795 g/mol. The van der Waals surface area contributed by atoms with Crippen molar-refractivity contribution in [2.75, 3.05) is 25.0 Å². The number of nitrogens with zero attached hydrogens (tertiary/aromatic N) is 4. The number of likely N-dealkylation sites (tertiary alicyclic amines) is 1. The molecule has 0 spiro atoms. The quantitative estimate of drug-likeness (QED) is 0.0873. The van der Waals surface area contributed by atoms with Crippen molar-refractivity contribution in [3.63, 3.8) is 0 Å². The summed E-state index contributed by atoms with van der Waals surface area (Å²) in [7, 11) is 0. The predicted molar refractivity (Wildman–Crippen MR) is 206 cm³/mol. The number of amides is 1. The molecule has 0 aliphatic carbocycles. The normalized spacial score (nSPS) is 17.4. The summed E-state index contributed by atoms with van der Waals surface area (Å²) in [6, 6.07) is 14.6. The number of rotatable bonds is 14. The largest absolute Gasteiger partial charge is 0.481 e. The SMILES string of the molecule is Cc1cc(-c2cccc(-c3cccc(Nc4nccc5sc(CN6CCC(CC(=O)O)C6)nc45)c3Cl)c2Cl)nc(OC(F)F)c1CNC[C@@H]1CCC(=O)N1. The lowest BCUT2D eigenvalue weighted by Crippen LogP contribution is -2.35. The van der Waals surface area contributed by atoms with Crippen LogP contribution < -0.4 is 20.7 Å². The van der Waals surface area contributed by atoms with E-state index in [1.54, 1.807) is 42.7 Å². The highest BCUT2D eigenvalue weighted by atomic mass is 35.5. The number of anilines is 2. The molecule has 0 saturated carbocycles. The molecule has 0 radical (unpaired) electrons. The first-order valence-corrected chi connectivity index (χ1v) is 19.1. The average Bonchev–Trinajstić information content (AvgIpc) is 3.86. The first kappa shape index (κ1) is 37.8. The van der Waals surface area contributed by atoms with E-state index < -0.39 is 12.6 Å². The van der Waals surface area contributed by atoms with Gasteiger partial charge in [-0.2, -0.15) is 8.78 Å². The van der Waals surface area contributed by atoms with Gasteiger partial charge < -0.3 is 25.8 Å². The average molecular weight is 797 g/mol. The number of aromatic nitrogens is 3. The van der Waals surface area contributed by atoms with Crippen LogP contribution in [0.3, 0.4) is 0 Å². The predicted octanol–water partition coefficient (Wildman–Crippen LogP) is 8.05. The highest BCUT2D eigenvalue weighted by Crippen LogP contribution is 2.43. The van der Waals surface area contributed by atoms with E-state index in [1.807, 2.05) is 30.3 Å². The number of carboxylic acids is 1. The summed E-state index contributed by atoms with van der Waals surface area (Å²) in [5, 5.41) is 20.3. The fourth-order valence-electron chi connectivity index (χ4n) is 7.03. The van der Waals surface area contributed by atoms with Gasteiger partial charge in [-0.3, -0.25) is 14.5 Å². The molecule has 7 rings (SSSR count). The van der Waals surface area contributed by atoms with Gasteiger partial charge in [0.2, 0.25) is 11.8 Å². The van der Waals surface area contributed by atoms with Gasteiger partial charge in [-0.15, -0.1) is 11.3 Å². The topological polar surface area (TPSA) is 142 Å². The van der Waals surface area contributed by atoms with E-state index in [9.17, 15) is 23.5 Å². The van der Waals surface area contributed by atoms with Crippen LogP contribution in [0.1, 0.15) is 41.8 Å². The Morgan fingerprint density at radius 1 is 1.11 bits per heavy atom. The number of aryl methyl sites for hydroxylation is 1. The molecular formula is C38H37Cl2F2N7O4S. The maximum atomic E-state index is 13.6. The van der Waals surface area contributed by atoms with E-state index in [0.29, 0.717) is 86.5 Å². The maximum absolute atomic E-state index is 13.6. The third kappa shape index (κ3) is 8.58. The second-order valence-electron chi connectivity index (χ2n) is 13.5. The Hall–Kier alpha value is -4.47. The Labute approximate surface area is 324 Å². The van der Waals surface area contributed by atoms with Gasteiger partial charge in [0, 0.05) is 67.0 Å². The van der Waals surface area contributed by atoms with Crippen molar-refractivity contribution < 1.29 is 28.2 Å². The standard InChI is InChI=1S/C38H37Cl2F2N7O4S/c1-20-14-28(47-37(53-38(41)42)26(20)17-43-16-22-8-9-30(50)45-22)25-6-2-4-23(33(25)39)24-5-3-7-27(34(24)40)46-36-35-29(10-12-44-36)54-31(48-35)19-49-13-11-21(18-49)15-32(51)52/h2-7,10,12,14,21-22,38,43H,8-9,11,13,15-19H2,1H3,(H,44,46)(H,45,50)(H,51,52)/t21?,22-/m0/s1. The number of pyridine rings is 2. The molecule has 5 aromatic rings. The number of halogens is 4. The van der Waals surface area contributed by atoms with E-state index in [1.165, 1.54) is 0 Å². The van der Waals surface area contributed by atoms with Crippen LogP contribution in [0.15, 0.2) is 54.7 Å². The van der Waals surface area contributed by atoms with Crippen molar-refractivity contribution in [3.05, 3.63) is 80.9 Å². The zero-order valence-electron chi connectivity index (χ0n) is 29.2. The Kier molecular flexibility index (Phi) is 11.6. The van der Waals surface area contributed by atoms with Crippen LogP contribution >= 0.6 is 34.5 Å². The van der Waals surface area contributed by atoms with E-state index in [2.05, 4.69) is 30.8 Å². The third-order valence-corrected chi connectivity index (χ3v) is 11.5. The van der Waals surface area contributed by atoms with Crippen LogP contribution in [-0.2, 0) is 22.7 Å². The number of nitrogens with one attached hydrogen (secondary N) is 3. The molecule has 2 saturated heterocycles. The first-order chi connectivity index (χ1) is 26.0. The number of hydrogen-bond donors (Lipinski definition) is 4. The van der Waals surface area contributed by atoms with Crippen LogP contribution in [0.2, 0.25) is 10.0 Å². The van der Waals surface area contributed by atoms with Crippen molar-refractivity contribution in [2.24, 2.45) is 5.92 Å². The summed E-state index contributed by atoms with van der Waals surface area (Å²) in [6.45, 7) is 1.59. The Bertz CT molecular complexity index is 2210. The number of alkyl halides is 2. The molecule has 1 unspecified atom stereocenters. The van der Waals surface area contributed by atoms with Gasteiger partial charge in [0.25, 0.3) is 0 Å². The Morgan fingerprint density at radius 2 is 1.89 bits per heavy atom. The third-order valence-electron chi connectivity index (χ3n) is 9.65. The molecule has 54 heavy (non-hydrogen) atoms. The maximum Gasteiger partial charge on any atom is 0.388 e. The fraction of sp³-hybridized carbons (Fsp3) is 0.342. The molecule has 0 bridgehead atoms. The molecule has 16 heteroatoms. The van der Waals surface area contributed by atoms with Crippen molar-refractivity contribution >= 4 is 68.1 Å². The van der Waals surface area contributed by atoms with Gasteiger partial charge in [0.05, 0.1) is 32.7 Å². The highest BCUT2D eigenvalue weighted by molar-refractivity contribution is 7.18. The summed E-state index contributed by atoms with van der Waals surface area (Å²) in [5.41, 5.74) is 4.54. The summed E-state index contributed by atoms with van der Waals surface area (Å²) < 4.78 is 33.0. The van der Waals surface area contributed by atoms with Crippen LogP contribution in [0.4, 0.5) is 20.3 Å². The Morgan fingerprint density at radius 3 is 2.65 bits per heavy atom. The van der Waals surface area contributed by atoms with E-state index in [-0.39, 0.29) is 36.7 Å². The van der Waals surface area contributed by atoms with E-state index in [0.717, 1.165) is 29.2 Å². The summed E-state index contributed by atoms with van der Waals surface area (Å²) in [4.78, 5) is 38.9. The van der Waals surface area contributed by atoms with Gasteiger partial charge in [0.1, 0.15) is 10.5 Å². The van der Waals surface area contributed by atoms with E-state index >= 15 is 0 Å². The lowest BCUT2D eigenvalue weighted by Gasteiger charge is -2.18. The smallest absolute Gasteiger partial charge is 0.388 e. The van der Waals surface area contributed by atoms with Gasteiger partial charge in [-0.05, 0) is 56.0 Å². The number of hydrogen-bond acceptors (Lipinski definition) is 10. The minimum atomic E-state index is -3.09. The first-order valence-electron chi connectivity index (χ1n) is 17.5. The molecule has 282 valence electrons. The molecular weight excluding hydrogens is 759 g/mol. The lowest BCUT2D eigenvalue weighted by molar-refractivity contribution is -0.138. The van der Waals surface area contributed by atoms with Crippen LogP contribution in [-0.4, -0.2) is 69.1 Å². The summed E-state index contributed by atoms with van der Waals surface area (Å²) in [5.74, 6) is -0.299. The molecule has 2 aliphatic heterocycles. The van der Waals surface area contributed by atoms with Crippen LogP contribution in [0.25, 0.3) is 32.6 Å². The van der Waals surface area contributed by atoms with Gasteiger partial charge >= 0.3 is 12.6 Å². The second kappa shape index (κ2) is 16.5. The number of ether oxygens (including phenoxy) is 1. The highest BCUT2D eigenvalue weighted by Gasteiger charge is 2.26. The number of thiazole rings is 1. The zero-order valence-corrected chi connectivity index (χ0v) is 31.5. The summed E-state index contributed by atoms with van der Waals surface area (Å²) in [6.07, 6.45) is 3.91. The summed E-state index contributed by atoms with van der Waals surface area (Å²) >= 11 is 15.7. The van der Waals surface area contributed by atoms with E-state index in [4.69, 9.17) is 32.9 Å². The minimum absolute atomic E-state index is 0.00155. The zero-order chi connectivity index (χ0) is 37.9. The lowest BCUT2D eigenvalue weighted by atomic mass is 9.99. The minimum Gasteiger partial charge on any atom is -0.481 e. The number of carbonyl (C=O) groups is 2. The van der Waals surface area contributed by atoms with Crippen molar-refractivity contribution in [2.45, 2.75) is 58.3 Å². The van der Waals surface area contributed by atoms with Gasteiger partial charge in [-0.25, -0.2) is 15.0 Å². The second-order valence-corrected chi connectivity index (χ2v) is 15.4. The van der Waals surface area contributed by atoms with Gasteiger partial charge in [-0.1, -0.05) is 53.5 Å². The fourth-order valence-corrected chi connectivity index (χ4v) is 8.64. The molecule has 4 N–H and O–H groups in total. The van der Waals surface area contributed by atoms with Gasteiger partial charge in [0.15, 0.2) is 5.82 Å². The van der Waals surface area contributed by atoms with Crippen molar-refractivity contribution in [1.29, 1.82) is 0 Å². The number of fused-ring (bicyclic) bond motifs is 1. The molecule has 2 aliphatic rings. The molecule has 1 amide bonds. The number of carboxylic acid groups (broad SMARTS) is 1. The van der Waals surface area contributed by atoms with Crippen LogP contribution in [0, 0.1) is 12.8 Å². The molecule has 11 nitrogen and oxygen atoms in total. The number of carbonyl (C=O) groups excluding carboxylic acids is 1. The van der Waals surface area contributed by atoms with Crippen molar-refractivity contribution in [1.82, 2.24) is 30.5 Å². The molecule has 2 atom stereocenters. The van der Waals surface area contributed by atoms with Crippen LogP contribution in [0.5, 0.6) is 5.88 Å². The number of aliphatic carboxylic acids is 1.